The summed E-state index contributed by atoms with van der Waals surface area (Å²) in [5.74, 6) is -0.0119. The third-order valence-electron chi connectivity index (χ3n) is 2.70. The van der Waals surface area contributed by atoms with E-state index in [1.165, 1.54) is 11.8 Å². The van der Waals surface area contributed by atoms with Gasteiger partial charge in [0.15, 0.2) is 0 Å². The van der Waals surface area contributed by atoms with Crippen LogP contribution in [-0.2, 0) is 4.79 Å². The Morgan fingerprint density at radius 1 is 1.27 bits per heavy atom. The molecule has 0 radical (unpaired) electrons. The van der Waals surface area contributed by atoms with E-state index in [-0.39, 0.29) is 11.7 Å². The Hall–Kier alpha value is -1.56. The zero-order chi connectivity index (χ0) is 15.9. The van der Waals surface area contributed by atoms with E-state index in [2.05, 4.69) is 15.5 Å². The standard InChI is InChI=1S/C15H13Cl2N3OS/c1-10(11-4-6-18-7-5-11)19-20-15(21)9-22-14-8-12(16)2-3-13(14)17/h2-8H,9H2,1H3,(H,20,21)/b19-10-. The zero-order valence-electron chi connectivity index (χ0n) is 11.7. The van der Waals surface area contributed by atoms with E-state index >= 15 is 0 Å². The van der Waals surface area contributed by atoms with Gasteiger partial charge in [0.25, 0.3) is 0 Å². The van der Waals surface area contributed by atoms with Crippen LogP contribution in [0.5, 0.6) is 0 Å². The van der Waals surface area contributed by atoms with Crippen molar-refractivity contribution in [2.75, 3.05) is 5.75 Å². The number of amides is 1. The fraction of sp³-hybridized carbons (Fsp3) is 0.133. The fourth-order valence-corrected chi connectivity index (χ4v) is 2.85. The molecular weight excluding hydrogens is 341 g/mol. The van der Waals surface area contributed by atoms with E-state index in [1.54, 1.807) is 30.6 Å². The van der Waals surface area contributed by atoms with Crippen LogP contribution in [0.25, 0.3) is 0 Å². The molecule has 0 bridgehead atoms. The quantitative estimate of drug-likeness (QED) is 0.501. The lowest BCUT2D eigenvalue weighted by molar-refractivity contribution is -0.118. The van der Waals surface area contributed by atoms with Crippen molar-refractivity contribution in [1.82, 2.24) is 10.4 Å². The number of halogens is 2. The molecule has 0 unspecified atom stereocenters. The minimum Gasteiger partial charge on any atom is -0.272 e. The number of aromatic nitrogens is 1. The van der Waals surface area contributed by atoms with Crippen molar-refractivity contribution in [2.24, 2.45) is 5.10 Å². The van der Waals surface area contributed by atoms with Gasteiger partial charge in [0.2, 0.25) is 5.91 Å². The van der Waals surface area contributed by atoms with Crippen LogP contribution >= 0.6 is 35.0 Å². The van der Waals surface area contributed by atoms with Crippen LogP contribution in [-0.4, -0.2) is 22.4 Å². The summed E-state index contributed by atoms with van der Waals surface area (Å²) in [6.07, 6.45) is 3.35. The lowest BCUT2D eigenvalue weighted by atomic mass is 10.2. The molecule has 0 aliphatic heterocycles. The molecule has 2 rings (SSSR count). The summed E-state index contributed by atoms with van der Waals surface area (Å²) < 4.78 is 0. The van der Waals surface area contributed by atoms with Crippen molar-refractivity contribution in [3.05, 3.63) is 58.3 Å². The number of hydrogen-bond acceptors (Lipinski definition) is 4. The van der Waals surface area contributed by atoms with Gasteiger partial charge >= 0.3 is 0 Å². The van der Waals surface area contributed by atoms with E-state index in [4.69, 9.17) is 23.2 Å². The van der Waals surface area contributed by atoms with Crippen molar-refractivity contribution in [3.8, 4) is 0 Å². The predicted octanol–water partition coefficient (Wildman–Crippen LogP) is 4.02. The number of carbonyl (C=O) groups excluding carboxylic acids is 1. The Morgan fingerprint density at radius 2 is 2.00 bits per heavy atom. The normalized spacial score (nSPS) is 11.3. The van der Waals surface area contributed by atoms with Crippen LogP contribution in [0, 0.1) is 0 Å². The first-order chi connectivity index (χ1) is 10.6. The number of nitrogens with one attached hydrogen (secondary N) is 1. The fourth-order valence-electron chi connectivity index (χ4n) is 1.57. The van der Waals surface area contributed by atoms with Crippen LogP contribution in [0.4, 0.5) is 0 Å². The maximum absolute atomic E-state index is 11.8. The summed E-state index contributed by atoms with van der Waals surface area (Å²) >= 11 is 13.3. The van der Waals surface area contributed by atoms with Crippen LogP contribution in [0.15, 0.2) is 52.7 Å². The van der Waals surface area contributed by atoms with Crippen molar-refractivity contribution in [3.63, 3.8) is 0 Å². The largest absolute Gasteiger partial charge is 0.272 e. The van der Waals surface area contributed by atoms with Gasteiger partial charge in [-0.25, -0.2) is 5.43 Å². The molecule has 1 aromatic carbocycles. The molecule has 1 amide bonds. The lowest BCUT2D eigenvalue weighted by Gasteiger charge is -2.05. The molecule has 114 valence electrons. The Bertz CT molecular complexity index is 692. The summed E-state index contributed by atoms with van der Waals surface area (Å²) in [6, 6.07) is 8.79. The van der Waals surface area contributed by atoms with E-state index < -0.39 is 0 Å². The number of thioether (sulfide) groups is 1. The van der Waals surface area contributed by atoms with Gasteiger partial charge in [-0.3, -0.25) is 9.78 Å². The van der Waals surface area contributed by atoms with Crippen LogP contribution in [0.1, 0.15) is 12.5 Å². The summed E-state index contributed by atoms with van der Waals surface area (Å²) in [5.41, 5.74) is 4.13. The summed E-state index contributed by atoms with van der Waals surface area (Å²) in [4.78, 5) is 16.5. The third-order valence-corrected chi connectivity index (χ3v) is 4.43. The highest BCUT2D eigenvalue weighted by Gasteiger charge is 2.06. The molecule has 2 aromatic rings. The number of carbonyl (C=O) groups is 1. The van der Waals surface area contributed by atoms with Crippen LogP contribution in [0.2, 0.25) is 10.0 Å². The molecule has 0 saturated carbocycles. The average Bonchev–Trinajstić information content (AvgIpc) is 2.54. The van der Waals surface area contributed by atoms with Gasteiger partial charge in [-0.05, 0) is 37.3 Å². The van der Waals surface area contributed by atoms with Crippen LogP contribution < -0.4 is 5.43 Å². The number of nitrogens with zero attached hydrogens (tertiary/aromatic N) is 2. The molecule has 1 aromatic heterocycles. The second-order valence-electron chi connectivity index (χ2n) is 4.33. The number of rotatable bonds is 5. The second kappa shape index (κ2) is 8.17. The van der Waals surface area contributed by atoms with Gasteiger partial charge in [-0.2, -0.15) is 5.10 Å². The van der Waals surface area contributed by atoms with Gasteiger partial charge in [0.05, 0.1) is 16.5 Å². The molecule has 0 saturated heterocycles. The number of pyridine rings is 1. The highest BCUT2D eigenvalue weighted by atomic mass is 35.5. The van der Waals surface area contributed by atoms with Gasteiger partial charge < -0.3 is 0 Å². The van der Waals surface area contributed by atoms with Crippen molar-refractivity contribution in [1.29, 1.82) is 0 Å². The first-order valence-corrected chi connectivity index (χ1v) is 8.12. The minimum absolute atomic E-state index is 0.202. The summed E-state index contributed by atoms with van der Waals surface area (Å²) in [5, 5.41) is 5.21. The molecule has 0 fully saturated rings. The SMILES string of the molecule is C/C(=N/NC(=O)CSc1cc(Cl)ccc1Cl)c1ccncc1. The number of hydrogen-bond donors (Lipinski definition) is 1. The Morgan fingerprint density at radius 3 is 2.73 bits per heavy atom. The molecule has 1 heterocycles. The lowest BCUT2D eigenvalue weighted by Crippen LogP contribution is -2.21. The molecule has 0 aliphatic carbocycles. The highest BCUT2D eigenvalue weighted by Crippen LogP contribution is 2.29. The molecule has 22 heavy (non-hydrogen) atoms. The van der Waals surface area contributed by atoms with Crippen molar-refractivity contribution >= 4 is 46.6 Å². The number of benzene rings is 1. The van der Waals surface area contributed by atoms with E-state index in [9.17, 15) is 4.79 Å². The van der Waals surface area contributed by atoms with Crippen molar-refractivity contribution in [2.45, 2.75) is 11.8 Å². The Kier molecular flexibility index (Phi) is 6.24. The molecular formula is C15H13Cl2N3OS. The number of hydrazone groups is 1. The topological polar surface area (TPSA) is 54.4 Å². The van der Waals surface area contributed by atoms with Gasteiger partial charge in [0.1, 0.15) is 0 Å². The molecule has 0 atom stereocenters. The summed E-state index contributed by atoms with van der Waals surface area (Å²) in [7, 11) is 0. The Balaban J connectivity index is 1.89. The van der Waals surface area contributed by atoms with Crippen molar-refractivity contribution < 1.29 is 4.79 Å². The molecule has 7 heteroatoms. The predicted molar refractivity (Wildman–Crippen MR) is 91.8 cm³/mol. The van der Waals surface area contributed by atoms with Gasteiger partial charge in [-0.15, -0.1) is 11.8 Å². The highest BCUT2D eigenvalue weighted by molar-refractivity contribution is 8.00. The maximum atomic E-state index is 11.8. The maximum Gasteiger partial charge on any atom is 0.250 e. The smallest absolute Gasteiger partial charge is 0.250 e. The second-order valence-corrected chi connectivity index (χ2v) is 6.19. The van der Waals surface area contributed by atoms with Gasteiger partial charge in [0, 0.05) is 27.9 Å². The molecule has 0 spiro atoms. The monoisotopic (exact) mass is 353 g/mol. The Labute approximate surface area is 142 Å². The summed E-state index contributed by atoms with van der Waals surface area (Å²) in [6.45, 7) is 1.82. The van der Waals surface area contributed by atoms with Gasteiger partial charge in [-0.1, -0.05) is 23.2 Å². The minimum atomic E-state index is -0.213. The van der Waals surface area contributed by atoms with E-state index in [1.807, 2.05) is 19.1 Å². The molecule has 1 N–H and O–H groups in total. The first kappa shape index (κ1) is 16.8. The molecule has 4 nitrogen and oxygen atoms in total. The third kappa shape index (κ3) is 5.02. The zero-order valence-corrected chi connectivity index (χ0v) is 14.0. The van der Waals surface area contributed by atoms with E-state index in [0.29, 0.717) is 15.8 Å². The molecule has 0 aliphatic rings. The van der Waals surface area contributed by atoms with Crippen LogP contribution in [0.3, 0.4) is 0 Å². The van der Waals surface area contributed by atoms with E-state index in [0.717, 1.165) is 10.5 Å². The average molecular weight is 354 g/mol. The first-order valence-electron chi connectivity index (χ1n) is 6.37.